The average Bonchev–Trinajstić information content (AvgIpc) is 2.67. The van der Waals surface area contributed by atoms with Crippen LogP contribution in [0.25, 0.3) is 0 Å². The number of carbonyl (C=O) groups excluding carboxylic acids is 2. The second-order valence-corrected chi connectivity index (χ2v) is 9.07. The number of nitrogens with zero attached hydrogens (tertiary/aromatic N) is 1. The Morgan fingerprint density at radius 1 is 1.17 bits per heavy atom. The number of nitrogens with two attached hydrogens (primary N) is 1. The third-order valence-electron chi connectivity index (χ3n) is 4.94. The van der Waals surface area contributed by atoms with Crippen molar-refractivity contribution in [3.8, 4) is 0 Å². The topological polar surface area (TPSA) is 110 Å². The van der Waals surface area contributed by atoms with Crippen molar-refractivity contribution in [3.05, 3.63) is 65.2 Å². The van der Waals surface area contributed by atoms with E-state index in [0.717, 1.165) is 12.0 Å². The van der Waals surface area contributed by atoms with E-state index < -0.39 is 10.0 Å². The number of aryl methyl sites for hydroxylation is 1. The Kier molecular flexibility index (Phi) is 6.34. The van der Waals surface area contributed by atoms with Crippen LogP contribution >= 0.6 is 0 Å². The van der Waals surface area contributed by atoms with Gasteiger partial charge < -0.3 is 10.2 Å². The molecule has 0 spiro atoms. The van der Waals surface area contributed by atoms with E-state index in [1.54, 1.807) is 41.3 Å². The summed E-state index contributed by atoms with van der Waals surface area (Å²) in [7, 11) is -3.65. The second-order valence-electron chi connectivity index (χ2n) is 7.45. The molecular formula is C21H25N3O4S. The number of nitrogens with one attached hydrogen (secondary N) is 1. The highest BCUT2D eigenvalue weighted by Gasteiger charge is 2.29. The quantitative estimate of drug-likeness (QED) is 0.780. The number of likely N-dealkylation sites (tertiary alicyclic amines) is 1. The lowest BCUT2D eigenvalue weighted by Crippen LogP contribution is -2.43. The summed E-state index contributed by atoms with van der Waals surface area (Å²) in [6.45, 7) is 2.95. The Labute approximate surface area is 171 Å². The van der Waals surface area contributed by atoms with E-state index in [2.05, 4.69) is 5.32 Å². The van der Waals surface area contributed by atoms with Gasteiger partial charge in [-0.25, -0.2) is 13.6 Å². The molecular weight excluding hydrogens is 390 g/mol. The minimum atomic E-state index is -3.65. The zero-order chi connectivity index (χ0) is 21.0. The molecule has 1 saturated heterocycles. The van der Waals surface area contributed by atoms with Crippen LogP contribution in [0.1, 0.15) is 34.3 Å². The molecule has 2 aromatic carbocycles. The number of hydrogen-bond acceptors (Lipinski definition) is 4. The molecule has 1 atom stereocenters. The highest BCUT2D eigenvalue weighted by Crippen LogP contribution is 2.21. The minimum absolute atomic E-state index is 0.0716. The summed E-state index contributed by atoms with van der Waals surface area (Å²) in [6, 6.07) is 14.0. The first kappa shape index (κ1) is 21.0. The predicted octanol–water partition coefficient (Wildman–Crippen LogP) is 2.27. The van der Waals surface area contributed by atoms with Crippen LogP contribution in [0.2, 0.25) is 0 Å². The van der Waals surface area contributed by atoms with E-state index in [4.69, 9.17) is 5.14 Å². The summed E-state index contributed by atoms with van der Waals surface area (Å²) in [5, 5.41) is 7.91. The maximum atomic E-state index is 12.7. The zero-order valence-electron chi connectivity index (χ0n) is 16.3. The van der Waals surface area contributed by atoms with Crippen molar-refractivity contribution < 1.29 is 18.0 Å². The second kappa shape index (κ2) is 8.75. The number of sulfonamides is 1. The predicted molar refractivity (Wildman–Crippen MR) is 112 cm³/mol. The number of amides is 2. The van der Waals surface area contributed by atoms with E-state index in [-0.39, 0.29) is 23.5 Å². The van der Waals surface area contributed by atoms with Crippen molar-refractivity contribution >= 4 is 27.5 Å². The molecule has 1 aliphatic heterocycles. The molecule has 1 fully saturated rings. The molecule has 3 rings (SSSR count). The van der Waals surface area contributed by atoms with Crippen LogP contribution in [0, 0.1) is 12.8 Å². The number of anilines is 1. The zero-order valence-corrected chi connectivity index (χ0v) is 17.1. The van der Waals surface area contributed by atoms with Crippen molar-refractivity contribution in [1.29, 1.82) is 0 Å². The van der Waals surface area contributed by atoms with Crippen molar-refractivity contribution in [2.75, 3.05) is 18.4 Å². The van der Waals surface area contributed by atoms with Gasteiger partial charge in [-0.1, -0.05) is 29.8 Å². The standard InChI is InChI=1S/C21H25N3O4S/c1-15-7-9-17(10-8-15)21(26)24-11-3-5-18(13-24)20(25)23-19-6-2-4-16(12-19)14-29(22,27)28/h2,4,6-10,12,18H,3,5,11,13-14H2,1H3,(H,23,25)(H2,22,27,28). The number of benzene rings is 2. The van der Waals surface area contributed by atoms with Gasteiger partial charge in [0.1, 0.15) is 0 Å². The third-order valence-corrected chi connectivity index (χ3v) is 5.68. The number of hydrogen-bond donors (Lipinski definition) is 2. The molecule has 0 aromatic heterocycles. The van der Waals surface area contributed by atoms with Crippen molar-refractivity contribution in [2.24, 2.45) is 11.1 Å². The number of carbonyl (C=O) groups is 2. The molecule has 2 aromatic rings. The SMILES string of the molecule is Cc1ccc(C(=O)N2CCCC(C(=O)Nc3cccc(CS(N)(=O)=O)c3)C2)cc1. The average molecular weight is 416 g/mol. The van der Waals surface area contributed by atoms with Crippen molar-refractivity contribution in [2.45, 2.75) is 25.5 Å². The molecule has 0 radical (unpaired) electrons. The largest absolute Gasteiger partial charge is 0.338 e. The van der Waals surface area contributed by atoms with Gasteiger partial charge in [0.2, 0.25) is 15.9 Å². The Balaban J connectivity index is 1.64. The van der Waals surface area contributed by atoms with Crippen LogP contribution in [-0.2, 0) is 20.6 Å². The van der Waals surface area contributed by atoms with Crippen LogP contribution < -0.4 is 10.5 Å². The lowest BCUT2D eigenvalue weighted by Gasteiger charge is -2.32. The van der Waals surface area contributed by atoms with Crippen molar-refractivity contribution in [1.82, 2.24) is 4.90 Å². The molecule has 154 valence electrons. The number of primary sulfonamides is 1. The molecule has 8 heteroatoms. The van der Waals surface area contributed by atoms with Crippen LogP contribution in [0.15, 0.2) is 48.5 Å². The molecule has 0 aliphatic carbocycles. The first-order valence-electron chi connectivity index (χ1n) is 9.47. The lowest BCUT2D eigenvalue weighted by atomic mass is 9.96. The first-order valence-corrected chi connectivity index (χ1v) is 11.2. The van der Waals surface area contributed by atoms with Gasteiger partial charge in [0.05, 0.1) is 11.7 Å². The monoisotopic (exact) mass is 415 g/mol. The highest BCUT2D eigenvalue weighted by molar-refractivity contribution is 7.88. The van der Waals surface area contributed by atoms with E-state index in [1.807, 2.05) is 19.1 Å². The number of piperidine rings is 1. The van der Waals surface area contributed by atoms with Crippen LogP contribution in [0.5, 0.6) is 0 Å². The molecule has 0 saturated carbocycles. The van der Waals surface area contributed by atoms with Crippen LogP contribution in [0.4, 0.5) is 5.69 Å². The smallest absolute Gasteiger partial charge is 0.253 e. The van der Waals surface area contributed by atoms with Gasteiger partial charge in [0.25, 0.3) is 5.91 Å². The van der Waals surface area contributed by atoms with Crippen LogP contribution in [-0.4, -0.2) is 38.2 Å². The Morgan fingerprint density at radius 3 is 2.59 bits per heavy atom. The van der Waals surface area contributed by atoms with E-state index in [0.29, 0.717) is 36.3 Å². The fourth-order valence-electron chi connectivity index (χ4n) is 3.47. The molecule has 1 unspecified atom stereocenters. The van der Waals surface area contributed by atoms with Gasteiger partial charge in [-0.15, -0.1) is 0 Å². The number of rotatable bonds is 5. The van der Waals surface area contributed by atoms with E-state index >= 15 is 0 Å². The highest BCUT2D eigenvalue weighted by atomic mass is 32.2. The molecule has 1 aliphatic rings. The minimum Gasteiger partial charge on any atom is -0.338 e. The molecule has 29 heavy (non-hydrogen) atoms. The summed E-state index contributed by atoms with van der Waals surface area (Å²) >= 11 is 0. The first-order chi connectivity index (χ1) is 13.7. The summed E-state index contributed by atoms with van der Waals surface area (Å²) < 4.78 is 22.5. The summed E-state index contributed by atoms with van der Waals surface area (Å²) in [5.41, 5.74) is 2.72. The van der Waals surface area contributed by atoms with Gasteiger partial charge in [0, 0.05) is 24.3 Å². The molecule has 0 bridgehead atoms. The Hall–Kier alpha value is -2.71. The molecule has 7 nitrogen and oxygen atoms in total. The molecule has 3 N–H and O–H groups in total. The fraction of sp³-hybridized carbons (Fsp3) is 0.333. The lowest BCUT2D eigenvalue weighted by molar-refractivity contribution is -0.121. The van der Waals surface area contributed by atoms with E-state index in [1.165, 1.54) is 0 Å². The summed E-state index contributed by atoms with van der Waals surface area (Å²) in [4.78, 5) is 27.2. The Morgan fingerprint density at radius 2 is 1.90 bits per heavy atom. The summed E-state index contributed by atoms with van der Waals surface area (Å²) in [6.07, 6.45) is 1.45. The Bertz CT molecular complexity index is 1000. The maximum absolute atomic E-state index is 12.7. The van der Waals surface area contributed by atoms with Gasteiger partial charge in [-0.05, 0) is 49.6 Å². The molecule has 1 heterocycles. The van der Waals surface area contributed by atoms with Gasteiger partial charge in [-0.2, -0.15) is 0 Å². The fourth-order valence-corrected chi connectivity index (χ4v) is 4.11. The van der Waals surface area contributed by atoms with Crippen molar-refractivity contribution in [3.63, 3.8) is 0 Å². The van der Waals surface area contributed by atoms with E-state index in [9.17, 15) is 18.0 Å². The summed E-state index contributed by atoms with van der Waals surface area (Å²) in [5.74, 6) is -0.865. The van der Waals surface area contributed by atoms with Gasteiger partial charge in [0.15, 0.2) is 0 Å². The molecule has 2 amide bonds. The normalized spacial score (nSPS) is 17.0. The van der Waals surface area contributed by atoms with Gasteiger partial charge >= 0.3 is 0 Å². The van der Waals surface area contributed by atoms with Crippen LogP contribution in [0.3, 0.4) is 0 Å². The third kappa shape index (κ3) is 5.88. The van der Waals surface area contributed by atoms with Gasteiger partial charge in [-0.3, -0.25) is 9.59 Å². The maximum Gasteiger partial charge on any atom is 0.253 e.